The van der Waals surface area contributed by atoms with E-state index in [0.29, 0.717) is 11.1 Å². The van der Waals surface area contributed by atoms with Crippen LogP contribution < -0.4 is 5.32 Å². The molecule has 102 valence electrons. The van der Waals surface area contributed by atoms with Gasteiger partial charge in [0.05, 0.1) is 0 Å². The van der Waals surface area contributed by atoms with Crippen LogP contribution in [0.15, 0.2) is 30.3 Å². The highest BCUT2D eigenvalue weighted by molar-refractivity contribution is 7.15. The van der Waals surface area contributed by atoms with Gasteiger partial charge in [0, 0.05) is 31.4 Å². The summed E-state index contributed by atoms with van der Waals surface area (Å²) in [6.07, 6.45) is 1.14. The van der Waals surface area contributed by atoms with Gasteiger partial charge >= 0.3 is 0 Å². The molecule has 0 saturated carbocycles. The molecule has 19 heavy (non-hydrogen) atoms. The van der Waals surface area contributed by atoms with Gasteiger partial charge in [-0.1, -0.05) is 30.1 Å². The summed E-state index contributed by atoms with van der Waals surface area (Å²) in [6, 6.07) is 10.2. The van der Waals surface area contributed by atoms with Crippen LogP contribution in [-0.4, -0.2) is 6.54 Å². The first-order valence-corrected chi connectivity index (χ1v) is 7.97. The van der Waals surface area contributed by atoms with Gasteiger partial charge in [-0.2, -0.15) is 0 Å². The van der Waals surface area contributed by atoms with E-state index in [1.807, 2.05) is 18.2 Å². The minimum Gasteiger partial charge on any atom is -0.309 e. The van der Waals surface area contributed by atoms with Crippen molar-refractivity contribution in [1.29, 1.82) is 0 Å². The zero-order valence-electron chi connectivity index (χ0n) is 11.0. The molecule has 1 unspecified atom stereocenters. The van der Waals surface area contributed by atoms with Crippen molar-refractivity contribution in [1.82, 2.24) is 5.32 Å². The molecular weight excluding hydrogens is 297 g/mol. The van der Waals surface area contributed by atoms with Gasteiger partial charge in [-0.15, -0.1) is 11.3 Å². The van der Waals surface area contributed by atoms with Gasteiger partial charge in [0.1, 0.15) is 0 Å². The van der Waals surface area contributed by atoms with Crippen LogP contribution in [0, 0.1) is 0 Å². The van der Waals surface area contributed by atoms with Crippen molar-refractivity contribution in [2.24, 2.45) is 0 Å². The van der Waals surface area contributed by atoms with Crippen LogP contribution >= 0.6 is 34.5 Å². The molecule has 0 amide bonds. The molecule has 0 saturated heterocycles. The topological polar surface area (TPSA) is 12.0 Å². The molecule has 1 aromatic heterocycles. The maximum absolute atomic E-state index is 6.24. The Morgan fingerprint density at radius 1 is 1.21 bits per heavy atom. The smallest absolute Gasteiger partial charge is 0.0493 e. The minimum absolute atomic E-state index is 0.372. The standard InChI is InChI=1S/C15H17Cl2NS/c1-3-8-18-10(2)14-6-7-15(19-14)12-9-11(16)4-5-13(12)17/h4-7,9-10,18H,3,8H2,1-2H3. The third-order valence-corrected chi connectivity index (χ3v) is 4.81. The van der Waals surface area contributed by atoms with Gasteiger partial charge in [-0.05, 0) is 50.2 Å². The van der Waals surface area contributed by atoms with E-state index < -0.39 is 0 Å². The Morgan fingerprint density at radius 3 is 2.74 bits per heavy atom. The fraction of sp³-hybridized carbons (Fsp3) is 0.333. The summed E-state index contributed by atoms with van der Waals surface area (Å²) >= 11 is 14.0. The second kappa shape index (κ2) is 6.76. The van der Waals surface area contributed by atoms with E-state index in [0.717, 1.165) is 28.4 Å². The largest absolute Gasteiger partial charge is 0.309 e. The number of nitrogens with one attached hydrogen (secondary N) is 1. The summed E-state index contributed by atoms with van der Waals surface area (Å²) in [5.41, 5.74) is 1.01. The molecule has 2 aromatic rings. The normalized spacial score (nSPS) is 12.6. The van der Waals surface area contributed by atoms with Crippen molar-refractivity contribution in [3.8, 4) is 10.4 Å². The second-order valence-corrected chi connectivity index (χ2v) is 6.46. The van der Waals surface area contributed by atoms with Gasteiger partial charge < -0.3 is 5.32 Å². The molecule has 1 nitrogen and oxygen atoms in total. The number of halogens is 2. The maximum Gasteiger partial charge on any atom is 0.0493 e. The molecule has 0 spiro atoms. The molecule has 4 heteroatoms. The van der Waals surface area contributed by atoms with Gasteiger partial charge in [0.2, 0.25) is 0 Å². The zero-order valence-corrected chi connectivity index (χ0v) is 13.4. The van der Waals surface area contributed by atoms with Crippen molar-refractivity contribution in [3.05, 3.63) is 45.3 Å². The van der Waals surface area contributed by atoms with Crippen LogP contribution in [-0.2, 0) is 0 Å². The van der Waals surface area contributed by atoms with Crippen LogP contribution in [0.4, 0.5) is 0 Å². The fourth-order valence-electron chi connectivity index (χ4n) is 1.88. The third-order valence-electron chi connectivity index (χ3n) is 2.95. The highest BCUT2D eigenvalue weighted by Gasteiger charge is 2.11. The number of thiophene rings is 1. The first-order valence-electron chi connectivity index (χ1n) is 6.40. The predicted molar refractivity (Wildman–Crippen MR) is 86.5 cm³/mol. The van der Waals surface area contributed by atoms with Crippen molar-refractivity contribution in [2.45, 2.75) is 26.3 Å². The van der Waals surface area contributed by atoms with Gasteiger partial charge in [-0.25, -0.2) is 0 Å². The first-order chi connectivity index (χ1) is 9.11. The van der Waals surface area contributed by atoms with Crippen LogP contribution in [0.1, 0.15) is 31.2 Å². The lowest BCUT2D eigenvalue weighted by Crippen LogP contribution is -2.18. The second-order valence-electron chi connectivity index (χ2n) is 4.50. The molecule has 1 heterocycles. The van der Waals surface area contributed by atoms with E-state index >= 15 is 0 Å². The van der Waals surface area contributed by atoms with Crippen LogP contribution in [0.25, 0.3) is 10.4 Å². The summed E-state index contributed by atoms with van der Waals surface area (Å²) in [5, 5.41) is 4.95. The predicted octanol–water partition coefficient (Wildman–Crippen LogP) is 5.78. The Morgan fingerprint density at radius 2 is 2.00 bits per heavy atom. The van der Waals surface area contributed by atoms with E-state index in [4.69, 9.17) is 23.2 Å². The van der Waals surface area contributed by atoms with Crippen LogP contribution in [0.3, 0.4) is 0 Å². The maximum atomic E-state index is 6.24. The van der Waals surface area contributed by atoms with Crippen LogP contribution in [0.2, 0.25) is 10.0 Å². The van der Waals surface area contributed by atoms with E-state index in [1.54, 1.807) is 11.3 Å². The number of hydrogen-bond acceptors (Lipinski definition) is 2. The first kappa shape index (κ1) is 14.9. The Labute approximate surface area is 128 Å². The molecule has 0 aliphatic carbocycles. The Kier molecular flexibility index (Phi) is 5.28. The van der Waals surface area contributed by atoms with Crippen molar-refractivity contribution < 1.29 is 0 Å². The zero-order chi connectivity index (χ0) is 13.8. The van der Waals surface area contributed by atoms with E-state index in [1.165, 1.54) is 4.88 Å². The molecule has 1 aromatic carbocycles. The highest BCUT2D eigenvalue weighted by Crippen LogP contribution is 2.36. The molecule has 1 atom stereocenters. The van der Waals surface area contributed by atoms with Crippen LogP contribution in [0.5, 0.6) is 0 Å². The Bertz CT molecular complexity index is 551. The number of rotatable bonds is 5. The average molecular weight is 314 g/mol. The van der Waals surface area contributed by atoms with Gasteiger partial charge in [0.25, 0.3) is 0 Å². The number of hydrogen-bond donors (Lipinski definition) is 1. The van der Waals surface area contributed by atoms with E-state index in [-0.39, 0.29) is 0 Å². The summed E-state index contributed by atoms with van der Waals surface area (Å²) in [5.74, 6) is 0. The molecule has 0 aliphatic heterocycles. The van der Waals surface area contributed by atoms with Crippen molar-refractivity contribution >= 4 is 34.5 Å². The molecule has 0 aliphatic rings. The van der Waals surface area contributed by atoms with Gasteiger partial charge in [0.15, 0.2) is 0 Å². The quantitative estimate of drug-likeness (QED) is 0.737. The van der Waals surface area contributed by atoms with Crippen molar-refractivity contribution in [3.63, 3.8) is 0 Å². The summed E-state index contributed by atoms with van der Waals surface area (Å²) in [7, 11) is 0. The molecular formula is C15H17Cl2NS. The lowest BCUT2D eigenvalue weighted by Gasteiger charge is -2.10. The SMILES string of the molecule is CCCNC(C)c1ccc(-c2cc(Cl)ccc2Cl)s1. The summed E-state index contributed by atoms with van der Waals surface area (Å²) in [4.78, 5) is 2.48. The molecule has 0 bridgehead atoms. The van der Waals surface area contributed by atoms with E-state index in [2.05, 4.69) is 31.3 Å². The molecule has 0 radical (unpaired) electrons. The Balaban J connectivity index is 2.23. The Hall–Kier alpha value is -0.540. The minimum atomic E-state index is 0.372. The monoisotopic (exact) mass is 313 g/mol. The molecule has 0 fully saturated rings. The lowest BCUT2D eigenvalue weighted by atomic mass is 10.2. The van der Waals surface area contributed by atoms with E-state index in [9.17, 15) is 0 Å². The summed E-state index contributed by atoms with van der Waals surface area (Å²) < 4.78 is 0. The molecule has 2 rings (SSSR count). The fourth-order valence-corrected chi connectivity index (χ4v) is 3.39. The third kappa shape index (κ3) is 3.73. The lowest BCUT2D eigenvalue weighted by molar-refractivity contribution is 0.578. The van der Waals surface area contributed by atoms with Crippen molar-refractivity contribution in [2.75, 3.05) is 6.54 Å². The average Bonchev–Trinajstić information content (AvgIpc) is 2.88. The summed E-state index contributed by atoms with van der Waals surface area (Å²) in [6.45, 7) is 5.39. The van der Waals surface area contributed by atoms with Gasteiger partial charge in [-0.3, -0.25) is 0 Å². The highest BCUT2D eigenvalue weighted by atomic mass is 35.5. The molecule has 1 N–H and O–H groups in total. The number of benzene rings is 1.